The van der Waals surface area contributed by atoms with Crippen LogP contribution in [0.4, 0.5) is 11.4 Å². The smallest absolute Gasteiger partial charge is 0.161 e. The zero-order chi connectivity index (χ0) is 12.1. The summed E-state index contributed by atoms with van der Waals surface area (Å²) >= 11 is 0. The summed E-state index contributed by atoms with van der Waals surface area (Å²) in [5.41, 5.74) is 1.81. The highest BCUT2D eigenvalue weighted by atomic mass is 16.5. The van der Waals surface area contributed by atoms with Crippen LogP contribution < -0.4 is 10.1 Å². The predicted molar refractivity (Wildman–Crippen MR) is 69.0 cm³/mol. The molecule has 0 saturated carbocycles. The van der Waals surface area contributed by atoms with Gasteiger partial charge in [0.2, 0.25) is 0 Å². The normalized spacial score (nSPS) is 9.94. The van der Waals surface area contributed by atoms with E-state index in [2.05, 4.69) is 5.32 Å². The summed E-state index contributed by atoms with van der Waals surface area (Å²) in [4.78, 5) is 0. The molecule has 3 nitrogen and oxygen atoms in total. The van der Waals surface area contributed by atoms with E-state index in [1.54, 1.807) is 12.1 Å². The van der Waals surface area contributed by atoms with Crippen molar-refractivity contribution in [3.63, 3.8) is 0 Å². The molecule has 0 aromatic heterocycles. The highest BCUT2D eigenvalue weighted by molar-refractivity contribution is 5.63. The lowest BCUT2D eigenvalue weighted by Gasteiger charge is -2.09. The van der Waals surface area contributed by atoms with Crippen LogP contribution in [0.1, 0.15) is 6.92 Å². The first kappa shape index (κ1) is 11.3. The lowest BCUT2D eigenvalue weighted by Crippen LogP contribution is -1.93. The number of benzene rings is 2. The van der Waals surface area contributed by atoms with Crippen molar-refractivity contribution < 1.29 is 9.84 Å². The van der Waals surface area contributed by atoms with Gasteiger partial charge in [-0.2, -0.15) is 0 Å². The monoisotopic (exact) mass is 229 g/mol. The zero-order valence-corrected chi connectivity index (χ0v) is 9.68. The molecule has 0 heterocycles. The van der Waals surface area contributed by atoms with Crippen molar-refractivity contribution >= 4 is 11.4 Å². The molecule has 0 saturated heterocycles. The number of ether oxygens (including phenoxy) is 1. The molecule has 0 spiro atoms. The van der Waals surface area contributed by atoms with Gasteiger partial charge in [-0.1, -0.05) is 18.2 Å². The summed E-state index contributed by atoms with van der Waals surface area (Å²) in [5, 5.41) is 12.9. The Morgan fingerprint density at radius 3 is 2.47 bits per heavy atom. The molecule has 0 aliphatic carbocycles. The van der Waals surface area contributed by atoms with E-state index >= 15 is 0 Å². The van der Waals surface area contributed by atoms with E-state index in [1.807, 2.05) is 43.3 Å². The number of phenolic OH excluding ortho intramolecular Hbond substituents is 1. The summed E-state index contributed by atoms with van der Waals surface area (Å²) in [6, 6.07) is 15.1. The molecule has 0 aliphatic rings. The van der Waals surface area contributed by atoms with Crippen LogP contribution in [0.25, 0.3) is 0 Å². The van der Waals surface area contributed by atoms with E-state index in [-0.39, 0.29) is 5.75 Å². The molecule has 17 heavy (non-hydrogen) atoms. The van der Waals surface area contributed by atoms with Crippen molar-refractivity contribution in [1.82, 2.24) is 0 Å². The fourth-order valence-corrected chi connectivity index (χ4v) is 1.56. The molecule has 88 valence electrons. The van der Waals surface area contributed by atoms with Crippen LogP contribution in [0.2, 0.25) is 0 Å². The molecule has 0 radical (unpaired) electrons. The molecular formula is C14H15NO2. The van der Waals surface area contributed by atoms with Crippen molar-refractivity contribution in [2.45, 2.75) is 6.92 Å². The second-order valence-corrected chi connectivity index (χ2v) is 3.61. The third-order valence-electron chi connectivity index (χ3n) is 2.32. The van der Waals surface area contributed by atoms with Gasteiger partial charge in [0.15, 0.2) is 11.5 Å². The number of aromatic hydroxyl groups is 1. The molecule has 2 rings (SSSR count). The average molecular weight is 229 g/mol. The molecule has 0 amide bonds. The minimum absolute atomic E-state index is 0.146. The van der Waals surface area contributed by atoms with Crippen molar-refractivity contribution in [1.29, 1.82) is 0 Å². The molecule has 0 unspecified atom stereocenters. The van der Waals surface area contributed by atoms with Crippen molar-refractivity contribution in [2.24, 2.45) is 0 Å². The fraction of sp³-hybridized carbons (Fsp3) is 0.143. The highest BCUT2D eigenvalue weighted by Gasteiger charge is 2.03. The Kier molecular flexibility index (Phi) is 3.50. The van der Waals surface area contributed by atoms with E-state index in [1.165, 1.54) is 0 Å². The van der Waals surface area contributed by atoms with E-state index in [4.69, 9.17) is 4.74 Å². The number of anilines is 2. The quantitative estimate of drug-likeness (QED) is 0.842. The first-order valence-electron chi connectivity index (χ1n) is 5.57. The minimum atomic E-state index is 0.146. The lowest BCUT2D eigenvalue weighted by molar-refractivity contribution is 0.318. The first-order chi connectivity index (χ1) is 8.29. The molecule has 0 atom stereocenters. The van der Waals surface area contributed by atoms with Gasteiger partial charge in [0, 0.05) is 17.4 Å². The van der Waals surface area contributed by atoms with E-state index < -0.39 is 0 Å². The van der Waals surface area contributed by atoms with Crippen LogP contribution in [-0.2, 0) is 0 Å². The van der Waals surface area contributed by atoms with E-state index in [9.17, 15) is 5.11 Å². The molecule has 0 aliphatic heterocycles. The third-order valence-corrected chi connectivity index (χ3v) is 2.32. The Balaban J connectivity index is 2.15. The molecular weight excluding hydrogens is 214 g/mol. The Bertz CT molecular complexity index is 483. The van der Waals surface area contributed by atoms with Crippen LogP contribution in [0.5, 0.6) is 11.5 Å². The largest absolute Gasteiger partial charge is 0.504 e. The Labute approximate surface area is 101 Å². The number of hydrogen-bond donors (Lipinski definition) is 2. The van der Waals surface area contributed by atoms with Gasteiger partial charge in [0.25, 0.3) is 0 Å². The van der Waals surface area contributed by atoms with Gasteiger partial charge >= 0.3 is 0 Å². The van der Waals surface area contributed by atoms with Crippen LogP contribution in [0.3, 0.4) is 0 Å². The Morgan fingerprint density at radius 1 is 1.06 bits per heavy atom. The standard InChI is InChI=1S/C14H15NO2/c1-2-17-14-9-8-12(10-13(14)16)15-11-6-4-3-5-7-11/h3-10,15-16H,2H2,1H3. The van der Waals surface area contributed by atoms with Crippen LogP contribution in [-0.4, -0.2) is 11.7 Å². The number of nitrogens with one attached hydrogen (secondary N) is 1. The number of para-hydroxylation sites is 1. The van der Waals surface area contributed by atoms with Crippen LogP contribution in [0.15, 0.2) is 48.5 Å². The lowest BCUT2D eigenvalue weighted by atomic mass is 10.2. The SMILES string of the molecule is CCOc1ccc(Nc2ccccc2)cc1O. The second-order valence-electron chi connectivity index (χ2n) is 3.61. The zero-order valence-electron chi connectivity index (χ0n) is 9.68. The number of rotatable bonds is 4. The summed E-state index contributed by atoms with van der Waals surface area (Å²) < 4.78 is 5.26. The van der Waals surface area contributed by atoms with Gasteiger partial charge in [-0.3, -0.25) is 0 Å². The molecule has 2 aromatic rings. The summed E-state index contributed by atoms with van der Waals surface area (Å²) in [7, 11) is 0. The van der Waals surface area contributed by atoms with Crippen molar-refractivity contribution in [3.05, 3.63) is 48.5 Å². The maximum absolute atomic E-state index is 9.74. The molecule has 0 bridgehead atoms. The Morgan fingerprint density at radius 2 is 1.82 bits per heavy atom. The molecule has 2 aromatic carbocycles. The summed E-state index contributed by atoms with van der Waals surface area (Å²) in [5.74, 6) is 0.652. The fourth-order valence-electron chi connectivity index (χ4n) is 1.56. The predicted octanol–water partition coefficient (Wildman–Crippen LogP) is 3.53. The van der Waals surface area contributed by atoms with Gasteiger partial charge in [0.05, 0.1) is 6.61 Å². The van der Waals surface area contributed by atoms with Crippen molar-refractivity contribution in [2.75, 3.05) is 11.9 Å². The van der Waals surface area contributed by atoms with Gasteiger partial charge in [0.1, 0.15) is 0 Å². The maximum atomic E-state index is 9.74. The Hall–Kier alpha value is -2.16. The summed E-state index contributed by atoms with van der Waals surface area (Å²) in [6.45, 7) is 2.43. The van der Waals surface area contributed by atoms with Crippen LogP contribution >= 0.6 is 0 Å². The van der Waals surface area contributed by atoms with E-state index in [0.29, 0.717) is 12.4 Å². The number of hydrogen-bond acceptors (Lipinski definition) is 3. The highest BCUT2D eigenvalue weighted by Crippen LogP contribution is 2.30. The van der Waals surface area contributed by atoms with Gasteiger partial charge < -0.3 is 15.2 Å². The molecule has 0 fully saturated rings. The topological polar surface area (TPSA) is 41.5 Å². The summed E-state index contributed by atoms with van der Waals surface area (Å²) in [6.07, 6.45) is 0. The second kappa shape index (κ2) is 5.25. The first-order valence-corrected chi connectivity index (χ1v) is 5.57. The van der Waals surface area contributed by atoms with Gasteiger partial charge in [-0.15, -0.1) is 0 Å². The van der Waals surface area contributed by atoms with Gasteiger partial charge in [-0.25, -0.2) is 0 Å². The molecule has 2 N–H and O–H groups in total. The van der Waals surface area contributed by atoms with Crippen molar-refractivity contribution in [3.8, 4) is 11.5 Å². The third kappa shape index (κ3) is 2.91. The van der Waals surface area contributed by atoms with Gasteiger partial charge in [-0.05, 0) is 31.2 Å². The molecule has 3 heteroatoms. The average Bonchev–Trinajstić information content (AvgIpc) is 2.34. The maximum Gasteiger partial charge on any atom is 0.161 e. The van der Waals surface area contributed by atoms with E-state index in [0.717, 1.165) is 11.4 Å². The minimum Gasteiger partial charge on any atom is -0.504 e. The van der Waals surface area contributed by atoms with Crippen LogP contribution in [0, 0.1) is 0 Å². The number of phenols is 1.